The predicted molar refractivity (Wildman–Crippen MR) is 193 cm³/mol. The second-order valence-corrected chi connectivity index (χ2v) is 13.6. The average Bonchev–Trinajstić information content (AvgIpc) is 3.06. The minimum atomic E-state index is -1.27. The predicted octanol–water partition coefficient (Wildman–Crippen LogP) is -4.52. The standard InChI is InChI=1S/C32H59N11O10/c1-16(2)10-21(28(50)38-12-23(45)37-14-25(47)48)40-24(46)13-39-29(51)22(11-17(3)4)42-30(52)20(8-7-9-36-32(34)35)41-31(53)26(18(5)6)43-27(49)19(33)15-44/h16-22,26,44H,7-15,33H2,1-6H3,(H,37,45)(H,38,50)(H,39,51)(H,40,46)(H,41,53)(H,42,52)(H,43,49)(H,47,48)(H4,34,35,36). The third-order valence-corrected chi connectivity index (χ3v) is 7.34. The average molecular weight is 758 g/mol. The van der Waals surface area contributed by atoms with Crippen LogP contribution < -0.4 is 54.4 Å². The van der Waals surface area contributed by atoms with E-state index in [1.165, 1.54) is 0 Å². The molecule has 0 saturated heterocycles. The van der Waals surface area contributed by atoms with E-state index in [4.69, 9.17) is 22.3 Å². The van der Waals surface area contributed by atoms with Gasteiger partial charge in [-0.2, -0.15) is 0 Å². The summed E-state index contributed by atoms with van der Waals surface area (Å²) in [6.07, 6.45) is 0.589. The summed E-state index contributed by atoms with van der Waals surface area (Å²) in [5, 5.41) is 35.0. The summed E-state index contributed by atoms with van der Waals surface area (Å²) >= 11 is 0. The third-order valence-electron chi connectivity index (χ3n) is 7.34. The summed E-state index contributed by atoms with van der Waals surface area (Å²) in [7, 11) is 0. The van der Waals surface area contributed by atoms with Crippen molar-refractivity contribution < 1.29 is 48.6 Å². The smallest absolute Gasteiger partial charge is 0.322 e. The van der Waals surface area contributed by atoms with Gasteiger partial charge in [0, 0.05) is 6.54 Å². The highest BCUT2D eigenvalue weighted by molar-refractivity contribution is 5.96. The zero-order valence-corrected chi connectivity index (χ0v) is 31.3. The minimum Gasteiger partial charge on any atom is -0.480 e. The molecule has 0 aromatic heterocycles. The summed E-state index contributed by atoms with van der Waals surface area (Å²) in [6.45, 7) is 8.26. The van der Waals surface area contributed by atoms with Crippen molar-refractivity contribution in [2.24, 2.45) is 39.9 Å². The normalized spacial score (nSPS) is 13.8. The highest BCUT2D eigenvalue weighted by Crippen LogP contribution is 2.09. The first-order chi connectivity index (χ1) is 24.7. The number of nitrogens with one attached hydrogen (secondary N) is 7. The molecule has 21 nitrogen and oxygen atoms in total. The van der Waals surface area contributed by atoms with E-state index in [2.05, 4.69) is 42.2 Å². The van der Waals surface area contributed by atoms with E-state index in [1.54, 1.807) is 41.5 Å². The molecule has 0 fully saturated rings. The van der Waals surface area contributed by atoms with Crippen LogP contribution in [0.4, 0.5) is 0 Å². The van der Waals surface area contributed by atoms with E-state index in [1.807, 2.05) is 0 Å². The van der Waals surface area contributed by atoms with Gasteiger partial charge in [0.05, 0.1) is 19.7 Å². The maximum Gasteiger partial charge on any atom is 0.322 e. The molecular weight excluding hydrogens is 698 g/mol. The molecule has 0 aromatic carbocycles. The number of aliphatic hydroxyl groups excluding tert-OH is 1. The van der Waals surface area contributed by atoms with E-state index in [0.717, 1.165) is 0 Å². The second-order valence-electron chi connectivity index (χ2n) is 13.6. The van der Waals surface area contributed by atoms with Crippen molar-refractivity contribution >= 4 is 53.3 Å². The molecule has 0 aromatic rings. The lowest BCUT2D eigenvalue weighted by Crippen LogP contribution is -2.59. The Bertz CT molecular complexity index is 1290. The first kappa shape index (κ1) is 47.9. The third kappa shape index (κ3) is 21.2. The lowest BCUT2D eigenvalue weighted by Gasteiger charge is -2.27. The van der Waals surface area contributed by atoms with Crippen molar-refractivity contribution in [2.45, 2.75) is 97.4 Å². The van der Waals surface area contributed by atoms with Crippen molar-refractivity contribution in [1.82, 2.24) is 37.2 Å². The van der Waals surface area contributed by atoms with Crippen molar-refractivity contribution in [1.29, 1.82) is 0 Å². The Morgan fingerprint density at radius 3 is 1.60 bits per heavy atom. The number of carbonyl (C=O) groups is 8. The molecule has 0 heterocycles. The summed E-state index contributed by atoms with van der Waals surface area (Å²) < 4.78 is 0. The topological polar surface area (TPSA) is 352 Å². The number of amides is 7. The summed E-state index contributed by atoms with van der Waals surface area (Å²) in [6, 6.07) is -5.86. The monoisotopic (exact) mass is 757 g/mol. The molecule has 0 aliphatic heterocycles. The Kier molecular flexibility index (Phi) is 22.6. The highest BCUT2D eigenvalue weighted by Gasteiger charge is 2.32. The molecule has 53 heavy (non-hydrogen) atoms. The zero-order valence-electron chi connectivity index (χ0n) is 31.3. The Morgan fingerprint density at radius 2 is 1.13 bits per heavy atom. The van der Waals surface area contributed by atoms with Gasteiger partial charge in [0.2, 0.25) is 41.4 Å². The fourth-order valence-corrected chi connectivity index (χ4v) is 4.65. The number of carboxylic acids is 1. The van der Waals surface area contributed by atoms with Gasteiger partial charge in [-0.3, -0.25) is 43.3 Å². The number of hydrogen-bond donors (Lipinski definition) is 12. The number of carboxylic acid groups (broad SMARTS) is 1. The van der Waals surface area contributed by atoms with Crippen LogP contribution >= 0.6 is 0 Å². The molecule has 0 spiro atoms. The Morgan fingerprint density at radius 1 is 0.623 bits per heavy atom. The number of aliphatic imine (C=N–C) groups is 1. The number of carbonyl (C=O) groups excluding carboxylic acids is 7. The van der Waals surface area contributed by atoms with E-state index < -0.39 is 110 Å². The van der Waals surface area contributed by atoms with Gasteiger partial charge < -0.3 is 64.6 Å². The van der Waals surface area contributed by atoms with Crippen LogP contribution in [-0.4, -0.2) is 126 Å². The number of nitrogens with zero attached hydrogens (tertiary/aromatic N) is 1. The highest BCUT2D eigenvalue weighted by atomic mass is 16.4. The molecule has 0 aliphatic rings. The molecule has 0 radical (unpaired) electrons. The number of hydrogen-bond acceptors (Lipinski definition) is 11. The summed E-state index contributed by atoms with van der Waals surface area (Å²) in [5.74, 6) is -7.20. The first-order valence-corrected chi connectivity index (χ1v) is 17.3. The SMILES string of the molecule is CC(C)CC(NC(=O)CNC(=O)C(CC(C)C)NC(=O)C(CCCN=C(N)N)NC(=O)C(NC(=O)C(N)CO)C(C)C)C(=O)NCC(=O)NCC(=O)O. The van der Waals surface area contributed by atoms with Gasteiger partial charge in [0.15, 0.2) is 5.96 Å². The van der Waals surface area contributed by atoms with Gasteiger partial charge >= 0.3 is 5.97 Å². The van der Waals surface area contributed by atoms with Gasteiger partial charge in [-0.25, -0.2) is 0 Å². The van der Waals surface area contributed by atoms with Crippen LogP contribution in [-0.2, 0) is 38.4 Å². The van der Waals surface area contributed by atoms with Crippen LogP contribution in [0, 0.1) is 17.8 Å². The van der Waals surface area contributed by atoms with Gasteiger partial charge in [0.25, 0.3) is 0 Å². The maximum atomic E-state index is 13.6. The fraction of sp³-hybridized carbons (Fsp3) is 0.719. The van der Waals surface area contributed by atoms with Crippen LogP contribution in [0.15, 0.2) is 4.99 Å². The van der Waals surface area contributed by atoms with Crippen LogP contribution in [0.25, 0.3) is 0 Å². The molecule has 21 heteroatoms. The van der Waals surface area contributed by atoms with E-state index >= 15 is 0 Å². The van der Waals surface area contributed by atoms with E-state index in [-0.39, 0.29) is 50.0 Å². The molecule has 5 unspecified atom stereocenters. The van der Waals surface area contributed by atoms with Gasteiger partial charge in [-0.1, -0.05) is 41.5 Å². The molecule has 5 atom stereocenters. The summed E-state index contributed by atoms with van der Waals surface area (Å²) in [5.41, 5.74) is 16.4. The molecule has 302 valence electrons. The van der Waals surface area contributed by atoms with Gasteiger partial charge in [-0.15, -0.1) is 0 Å². The zero-order chi connectivity index (χ0) is 40.8. The van der Waals surface area contributed by atoms with Gasteiger partial charge in [-0.05, 0) is 43.4 Å². The number of rotatable bonds is 25. The van der Waals surface area contributed by atoms with Crippen LogP contribution in [0.3, 0.4) is 0 Å². The fourth-order valence-electron chi connectivity index (χ4n) is 4.65. The number of aliphatic carboxylic acids is 1. The Labute approximate surface area is 309 Å². The molecule has 15 N–H and O–H groups in total. The van der Waals surface area contributed by atoms with Crippen LogP contribution in [0.5, 0.6) is 0 Å². The Balaban J connectivity index is 5.81. The van der Waals surface area contributed by atoms with Crippen molar-refractivity contribution in [2.75, 3.05) is 32.8 Å². The Hall–Kier alpha value is -5.05. The number of aliphatic hydroxyl groups is 1. The molecule has 7 amide bonds. The van der Waals surface area contributed by atoms with Crippen LogP contribution in [0.2, 0.25) is 0 Å². The largest absolute Gasteiger partial charge is 0.480 e. The lowest BCUT2D eigenvalue weighted by atomic mass is 10.0. The van der Waals surface area contributed by atoms with Crippen molar-refractivity contribution in [3.8, 4) is 0 Å². The number of nitrogens with two attached hydrogens (primary N) is 3. The van der Waals surface area contributed by atoms with Crippen molar-refractivity contribution in [3.05, 3.63) is 0 Å². The molecule has 0 rings (SSSR count). The molecule has 0 saturated carbocycles. The number of guanidine groups is 1. The summed E-state index contributed by atoms with van der Waals surface area (Å²) in [4.78, 5) is 104. The lowest BCUT2D eigenvalue weighted by molar-refractivity contribution is -0.138. The molecular formula is C32H59N11O10. The second kappa shape index (κ2) is 25.0. The van der Waals surface area contributed by atoms with Crippen LogP contribution in [0.1, 0.15) is 67.2 Å². The van der Waals surface area contributed by atoms with E-state index in [9.17, 15) is 43.5 Å². The molecule has 0 aliphatic carbocycles. The van der Waals surface area contributed by atoms with E-state index in [0.29, 0.717) is 0 Å². The quantitative estimate of drug-likeness (QED) is 0.0238. The van der Waals surface area contributed by atoms with Gasteiger partial charge in [0.1, 0.15) is 36.8 Å². The maximum absolute atomic E-state index is 13.6. The first-order valence-electron chi connectivity index (χ1n) is 17.3. The van der Waals surface area contributed by atoms with Crippen molar-refractivity contribution in [3.63, 3.8) is 0 Å². The molecule has 0 bridgehead atoms. The minimum absolute atomic E-state index is 0.0300.